The van der Waals surface area contributed by atoms with E-state index in [0.717, 1.165) is 80.7 Å². The molecule has 1 fully saturated rings. The summed E-state index contributed by atoms with van der Waals surface area (Å²) in [5.74, 6) is 1.17. The number of halogens is 2. The number of benzene rings is 2. The molecule has 0 atom stereocenters. The Kier molecular flexibility index (Phi) is 12.0. The van der Waals surface area contributed by atoms with Crippen molar-refractivity contribution in [3.05, 3.63) is 58.6 Å². The van der Waals surface area contributed by atoms with E-state index in [4.69, 9.17) is 37.4 Å². The number of hydrogen-bond donors (Lipinski definition) is 0. The van der Waals surface area contributed by atoms with E-state index in [2.05, 4.69) is 14.8 Å². The molecule has 0 aliphatic carbocycles. The molecule has 41 heavy (non-hydrogen) atoms. The van der Waals surface area contributed by atoms with Gasteiger partial charge in [-0.2, -0.15) is 0 Å². The second-order valence-corrected chi connectivity index (χ2v) is 10.9. The van der Waals surface area contributed by atoms with Gasteiger partial charge in [0.05, 0.1) is 27.9 Å². The van der Waals surface area contributed by atoms with E-state index in [9.17, 15) is 4.79 Å². The van der Waals surface area contributed by atoms with E-state index < -0.39 is 0 Å². The number of hydrogen-bond acceptors (Lipinski definition) is 7. The number of carbonyl (C=O) groups excluding carboxylic acids is 1. The highest BCUT2D eigenvalue weighted by molar-refractivity contribution is 6.43. The first-order chi connectivity index (χ1) is 20.0. The largest absolute Gasteiger partial charge is 0.494 e. The summed E-state index contributed by atoms with van der Waals surface area (Å²) in [6.45, 7) is 10.8. The standard InChI is InChI=1S/C31H40Cl2N4O4/c1-3-14-37(15-4-2)31(38)41-23-40-29-13-11-24-10-12-25(22-27(24)34-29)39-21-6-5-16-35-17-19-36(20-18-35)28-9-7-8-26(32)30(28)33/h7-13,22H,3-6,14-21,23H2,1-2H3. The Morgan fingerprint density at radius 2 is 1.71 bits per heavy atom. The maximum Gasteiger partial charge on any atom is 0.412 e. The van der Waals surface area contributed by atoms with Crippen molar-refractivity contribution in [1.29, 1.82) is 0 Å². The average molecular weight is 604 g/mol. The molecule has 8 nitrogen and oxygen atoms in total. The van der Waals surface area contributed by atoms with Crippen molar-refractivity contribution in [1.82, 2.24) is 14.8 Å². The van der Waals surface area contributed by atoms with Gasteiger partial charge in [-0.15, -0.1) is 0 Å². The molecule has 0 unspecified atom stereocenters. The average Bonchev–Trinajstić information content (AvgIpc) is 2.98. The minimum Gasteiger partial charge on any atom is -0.494 e. The van der Waals surface area contributed by atoms with Crippen molar-refractivity contribution >= 4 is 45.9 Å². The topological polar surface area (TPSA) is 67.4 Å². The van der Waals surface area contributed by atoms with Gasteiger partial charge in [0.1, 0.15) is 5.75 Å². The fraction of sp³-hybridized carbons (Fsp3) is 0.484. The summed E-state index contributed by atoms with van der Waals surface area (Å²) in [5.41, 5.74) is 1.78. The first-order valence-electron chi connectivity index (χ1n) is 14.5. The molecule has 0 saturated carbocycles. The molecular weight excluding hydrogens is 563 g/mol. The SMILES string of the molecule is CCCN(CCC)C(=O)OCOc1ccc2ccc(OCCCCN3CCN(c4cccc(Cl)c4Cl)CC3)cc2n1. The van der Waals surface area contributed by atoms with Crippen LogP contribution in [-0.4, -0.2) is 80.1 Å². The molecule has 0 spiro atoms. The zero-order valence-electron chi connectivity index (χ0n) is 24.0. The van der Waals surface area contributed by atoms with Gasteiger partial charge < -0.3 is 24.0 Å². The van der Waals surface area contributed by atoms with Gasteiger partial charge in [0.15, 0.2) is 0 Å². The number of pyridine rings is 1. The predicted molar refractivity (Wildman–Crippen MR) is 166 cm³/mol. The van der Waals surface area contributed by atoms with Gasteiger partial charge in [0.25, 0.3) is 0 Å². The van der Waals surface area contributed by atoms with Crippen LogP contribution in [0.25, 0.3) is 10.9 Å². The second-order valence-electron chi connectivity index (χ2n) is 10.1. The summed E-state index contributed by atoms with van der Waals surface area (Å²) in [6, 6.07) is 15.4. The zero-order chi connectivity index (χ0) is 29.0. The van der Waals surface area contributed by atoms with Crippen molar-refractivity contribution < 1.29 is 19.0 Å². The van der Waals surface area contributed by atoms with E-state index in [1.807, 2.05) is 56.3 Å². The van der Waals surface area contributed by atoms with Gasteiger partial charge in [-0.1, -0.05) is 43.1 Å². The summed E-state index contributed by atoms with van der Waals surface area (Å²) in [6.07, 6.45) is 3.42. The Balaban J connectivity index is 1.17. The van der Waals surface area contributed by atoms with Gasteiger partial charge in [-0.25, -0.2) is 9.78 Å². The molecule has 1 aromatic heterocycles. The van der Waals surface area contributed by atoms with Gasteiger partial charge in [-0.3, -0.25) is 4.90 Å². The lowest BCUT2D eigenvalue weighted by Crippen LogP contribution is -2.46. The minimum atomic E-state index is -0.366. The third-order valence-corrected chi connectivity index (χ3v) is 7.86. The Bertz CT molecular complexity index is 1260. The summed E-state index contributed by atoms with van der Waals surface area (Å²) in [7, 11) is 0. The molecule has 1 amide bonds. The van der Waals surface area contributed by atoms with Crippen molar-refractivity contribution in [2.24, 2.45) is 0 Å². The van der Waals surface area contributed by atoms with Crippen molar-refractivity contribution in [3.63, 3.8) is 0 Å². The highest BCUT2D eigenvalue weighted by Crippen LogP contribution is 2.33. The van der Waals surface area contributed by atoms with E-state index in [1.54, 1.807) is 11.0 Å². The van der Waals surface area contributed by atoms with Crippen LogP contribution in [0.2, 0.25) is 10.0 Å². The fourth-order valence-corrected chi connectivity index (χ4v) is 5.31. The summed E-state index contributed by atoms with van der Waals surface area (Å²) in [4.78, 5) is 23.3. The van der Waals surface area contributed by atoms with Crippen molar-refractivity contribution in [2.45, 2.75) is 39.5 Å². The van der Waals surface area contributed by atoms with E-state index >= 15 is 0 Å². The first kappa shape index (κ1) is 31.0. The molecule has 2 heterocycles. The van der Waals surface area contributed by atoms with Crippen LogP contribution in [0.4, 0.5) is 10.5 Å². The van der Waals surface area contributed by atoms with Crippen molar-refractivity contribution in [2.75, 3.05) is 64.1 Å². The normalized spacial score (nSPS) is 13.8. The zero-order valence-corrected chi connectivity index (χ0v) is 25.5. The van der Waals surface area contributed by atoms with Crippen LogP contribution < -0.4 is 14.4 Å². The lowest BCUT2D eigenvalue weighted by molar-refractivity contribution is 0.0330. The monoisotopic (exact) mass is 602 g/mol. The first-order valence-corrected chi connectivity index (χ1v) is 15.2. The summed E-state index contributed by atoms with van der Waals surface area (Å²) in [5, 5.41) is 2.22. The Labute approximate surface area is 253 Å². The van der Waals surface area contributed by atoms with Gasteiger partial charge in [0.2, 0.25) is 12.7 Å². The van der Waals surface area contributed by atoms with Crippen LogP contribution in [0.5, 0.6) is 11.6 Å². The fourth-order valence-electron chi connectivity index (χ4n) is 4.89. The molecule has 0 radical (unpaired) electrons. The summed E-state index contributed by atoms with van der Waals surface area (Å²) >= 11 is 12.6. The number of piperazine rings is 1. The van der Waals surface area contributed by atoms with E-state index in [1.165, 1.54) is 0 Å². The molecule has 0 N–H and O–H groups in total. The number of carbonyl (C=O) groups is 1. The number of rotatable bonds is 14. The Morgan fingerprint density at radius 1 is 0.951 bits per heavy atom. The molecule has 1 aliphatic rings. The lowest BCUT2D eigenvalue weighted by atomic mass is 10.2. The molecule has 1 saturated heterocycles. The van der Waals surface area contributed by atoms with Crippen LogP contribution in [0.3, 0.4) is 0 Å². The van der Waals surface area contributed by atoms with E-state index in [-0.39, 0.29) is 12.9 Å². The number of nitrogens with zero attached hydrogens (tertiary/aromatic N) is 4. The number of fused-ring (bicyclic) bond motifs is 1. The van der Waals surface area contributed by atoms with Crippen LogP contribution in [0.1, 0.15) is 39.5 Å². The van der Waals surface area contributed by atoms with E-state index in [0.29, 0.717) is 35.6 Å². The van der Waals surface area contributed by atoms with Gasteiger partial charge >= 0.3 is 6.09 Å². The Hall–Kier alpha value is -2.94. The maximum atomic E-state index is 12.3. The van der Waals surface area contributed by atoms with Crippen LogP contribution >= 0.6 is 23.2 Å². The third kappa shape index (κ3) is 9.02. The molecule has 4 rings (SSSR count). The van der Waals surface area contributed by atoms with Gasteiger partial charge in [0, 0.05) is 56.8 Å². The molecule has 2 aromatic carbocycles. The Morgan fingerprint density at radius 3 is 2.46 bits per heavy atom. The van der Waals surface area contributed by atoms with Crippen LogP contribution in [0, 0.1) is 0 Å². The molecule has 1 aliphatic heterocycles. The predicted octanol–water partition coefficient (Wildman–Crippen LogP) is 7.12. The highest BCUT2D eigenvalue weighted by atomic mass is 35.5. The number of anilines is 1. The molecule has 3 aromatic rings. The minimum absolute atomic E-state index is 0.180. The number of ether oxygens (including phenoxy) is 3. The van der Waals surface area contributed by atoms with Crippen LogP contribution in [-0.2, 0) is 4.74 Å². The van der Waals surface area contributed by atoms with Crippen molar-refractivity contribution in [3.8, 4) is 11.6 Å². The smallest absolute Gasteiger partial charge is 0.412 e. The number of unbranched alkanes of at least 4 members (excludes halogenated alkanes) is 1. The third-order valence-electron chi connectivity index (χ3n) is 7.05. The molecule has 0 bridgehead atoms. The number of amides is 1. The lowest BCUT2D eigenvalue weighted by Gasteiger charge is -2.36. The summed E-state index contributed by atoms with van der Waals surface area (Å²) < 4.78 is 16.9. The molecule has 222 valence electrons. The maximum absolute atomic E-state index is 12.3. The highest BCUT2D eigenvalue weighted by Gasteiger charge is 2.19. The second kappa shape index (κ2) is 15.9. The molecular formula is C31H40Cl2N4O4. The number of aromatic nitrogens is 1. The molecule has 10 heteroatoms. The van der Waals surface area contributed by atoms with Gasteiger partial charge in [-0.05, 0) is 62.6 Å². The van der Waals surface area contributed by atoms with Crippen LogP contribution in [0.15, 0.2) is 48.5 Å². The quantitative estimate of drug-likeness (QED) is 0.144.